The molecule has 3 heteroatoms. The molecule has 0 unspecified atom stereocenters. The molecular weight excluding hydrogens is 246 g/mol. The first-order chi connectivity index (χ1) is 8.40. The predicted octanol–water partition coefficient (Wildman–Crippen LogP) is 4.18. The summed E-state index contributed by atoms with van der Waals surface area (Å²) in [7, 11) is 0. The number of nitrogens with zero attached hydrogens (tertiary/aromatic N) is 1. The first-order valence-corrected chi connectivity index (χ1v) is 6.65. The van der Waals surface area contributed by atoms with Crippen LogP contribution in [0.4, 0.5) is 5.69 Å². The van der Waals surface area contributed by atoms with Crippen molar-refractivity contribution in [1.29, 1.82) is 0 Å². The fourth-order valence-corrected chi connectivity index (χ4v) is 2.49. The Hall–Kier alpha value is -1.32. The van der Waals surface area contributed by atoms with E-state index in [1.165, 1.54) is 5.56 Å². The van der Waals surface area contributed by atoms with Crippen LogP contribution in [0.3, 0.4) is 0 Å². The molecule has 17 heavy (non-hydrogen) atoms. The topological polar surface area (TPSA) is 3.24 Å². The molecule has 0 aliphatic rings. The smallest absolute Gasteiger partial charge is 0.152 e. The minimum atomic E-state index is 0.888. The maximum Gasteiger partial charge on any atom is 0.152 e. The fraction of sp³-hybridized carbons (Fsp3) is 0.0714. The first-order valence-electron chi connectivity index (χ1n) is 5.30. The van der Waals surface area contributed by atoms with E-state index in [-0.39, 0.29) is 0 Å². The minimum Gasteiger partial charge on any atom is -0.272 e. The third-order valence-corrected chi connectivity index (χ3v) is 3.60. The van der Waals surface area contributed by atoms with Crippen LogP contribution in [0.1, 0.15) is 5.56 Å². The number of rotatable bonds is 5. The van der Waals surface area contributed by atoms with Crippen molar-refractivity contribution in [3.63, 3.8) is 0 Å². The highest BCUT2D eigenvalue weighted by molar-refractivity contribution is 8.01. The molecule has 0 atom stereocenters. The van der Waals surface area contributed by atoms with Gasteiger partial charge in [-0.05, 0) is 29.6 Å². The summed E-state index contributed by atoms with van der Waals surface area (Å²) in [5, 5.41) is 0. The zero-order valence-corrected chi connectivity index (χ0v) is 10.9. The first kappa shape index (κ1) is 12.1. The number of hydrogen-bond acceptors (Lipinski definition) is 2. The van der Waals surface area contributed by atoms with E-state index in [0.29, 0.717) is 0 Å². The van der Waals surface area contributed by atoms with Crippen molar-refractivity contribution in [2.75, 3.05) is 4.31 Å². The van der Waals surface area contributed by atoms with E-state index in [1.54, 1.807) is 11.9 Å². The number of hydrogen-bond donors (Lipinski definition) is 0. The number of anilines is 1. The van der Waals surface area contributed by atoms with Gasteiger partial charge in [0.25, 0.3) is 0 Å². The van der Waals surface area contributed by atoms with Gasteiger partial charge in [-0.15, -0.1) is 0 Å². The average Bonchev–Trinajstić information content (AvgIpc) is 2.42. The monoisotopic (exact) mass is 258 g/mol. The molecule has 0 aromatic heterocycles. The summed E-state index contributed by atoms with van der Waals surface area (Å²) in [4.78, 5) is 0. The molecule has 1 nitrogen and oxygen atoms in total. The lowest BCUT2D eigenvalue weighted by molar-refractivity contribution is 1.40. The summed E-state index contributed by atoms with van der Waals surface area (Å²) in [6.07, 6.45) is 0. The summed E-state index contributed by atoms with van der Waals surface area (Å²) >= 11 is 6.57. The van der Waals surface area contributed by atoms with Crippen LogP contribution in [-0.2, 0) is 5.75 Å². The number of para-hydroxylation sites is 1. The van der Waals surface area contributed by atoms with Crippen LogP contribution in [0.15, 0.2) is 60.7 Å². The summed E-state index contributed by atoms with van der Waals surface area (Å²) in [5.41, 5.74) is 5.11. The second kappa shape index (κ2) is 6.42. The molecule has 85 valence electrons. The average molecular weight is 258 g/mol. The molecule has 0 aliphatic heterocycles. The van der Waals surface area contributed by atoms with Gasteiger partial charge in [0.2, 0.25) is 0 Å². The maximum absolute atomic E-state index is 4.93. The Morgan fingerprint density at radius 3 is 2.12 bits per heavy atom. The fourth-order valence-electron chi connectivity index (χ4n) is 1.43. The van der Waals surface area contributed by atoms with Gasteiger partial charge in [0.1, 0.15) is 0 Å². The minimum absolute atomic E-state index is 0.888. The van der Waals surface area contributed by atoms with Crippen LogP contribution in [0.25, 0.3) is 0 Å². The molecule has 0 bridgehead atoms. The van der Waals surface area contributed by atoms with Crippen molar-refractivity contribution in [2.24, 2.45) is 0 Å². The van der Waals surface area contributed by atoms with E-state index in [1.807, 2.05) is 52.8 Å². The molecule has 0 saturated heterocycles. The Kier molecular flexibility index (Phi) is 4.59. The number of thiocarbonyl (C=S) groups is 1. The lowest BCUT2D eigenvalue weighted by Gasteiger charge is -2.16. The number of benzene rings is 2. The van der Waals surface area contributed by atoms with Crippen LogP contribution in [0.2, 0.25) is 0 Å². The molecule has 0 N–H and O–H groups in total. The van der Waals surface area contributed by atoms with Gasteiger partial charge in [-0.25, -0.2) is 0 Å². The van der Waals surface area contributed by atoms with E-state index < -0.39 is 0 Å². The van der Waals surface area contributed by atoms with E-state index >= 15 is 0 Å². The Labute approximate surface area is 112 Å². The van der Waals surface area contributed by atoms with E-state index in [9.17, 15) is 0 Å². The van der Waals surface area contributed by atoms with Crippen LogP contribution in [0.5, 0.6) is 0 Å². The summed E-state index contributed by atoms with van der Waals surface area (Å²) in [6, 6.07) is 20.4. The highest BCUT2D eigenvalue weighted by atomic mass is 32.2. The van der Waals surface area contributed by atoms with Gasteiger partial charge >= 0.3 is 0 Å². The Bertz CT molecular complexity index is 456. The Balaban J connectivity index is 2.00. The van der Waals surface area contributed by atoms with Gasteiger partial charge in [0.15, 0.2) is 5.49 Å². The molecule has 0 aliphatic carbocycles. The van der Waals surface area contributed by atoms with Crippen LogP contribution in [0, 0.1) is 0 Å². The highest BCUT2D eigenvalue weighted by Gasteiger charge is 2.04. The third-order valence-electron chi connectivity index (χ3n) is 2.28. The largest absolute Gasteiger partial charge is 0.272 e. The Morgan fingerprint density at radius 2 is 1.53 bits per heavy atom. The summed E-state index contributed by atoms with van der Waals surface area (Å²) in [6.45, 7) is 0. The molecule has 0 fully saturated rings. The lowest BCUT2D eigenvalue weighted by atomic mass is 10.2. The molecule has 0 spiro atoms. The highest BCUT2D eigenvalue weighted by Crippen LogP contribution is 2.23. The van der Waals surface area contributed by atoms with Crippen molar-refractivity contribution >= 4 is 35.3 Å². The van der Waals surface area contributed by atoms with E-state index in [4.69, 9.17) is 12.2 Å². The van der Waals surface area contributed by atoms with Crippen molar-refractivity contribution < 1.29 is 0 Å². The standard InChI is InChI=1S/C14H12NS2/c16-12-15(14-9-5-2-6-10-14)17-11-13-7-3-1-4-8-13/h1-10H,11H2. The van der Waals surface area contributed by atoms with E-state index in [2.05, 4.69) is 17.6 Å². The van der Waals surface area contributed by atoms with Crippen molar-refractivity contribution in [3.05, 3.63) is 66.2 Å². The quantitative estimate of drug-likeness (QED) is 0.450. The zero-order valence-electron chi connectivity index (χ0n) is 9.24. The molecule has 0 heterocycles. The second-order valence-electron chi connectivity index (χ2n) is 3.48. The molecule has 2 aromatic rings. The van der Waals surface area contributed by atoms with Gasteiger partial charge in [-0.3, -0.25) is 4.31 Å². The van der Waals surface area contributed by atoms with E-state index in [0.717, 1.165) is 11.4 Å². The molecule has 0 saturated carbocycles. The molecule has 2 rings (SSSR count). The normalized spacial score (nSPS) is 9.88. The van der Waals surface area contributed by atoms with Gasteiger partial charge in [-0.2, -0.15) is 0 Å². The van der Waals surface area contributed by atoms with Crippen molar-refractivity contribution in [2.45, 2.75) is 5.75 Å². The van der Waals surface area contributed by atoms with Crippen molar-refractivity contribution in [1.82, 2.24) is 0 Å². The third kappa shape index (κ3) is 3.58. The lowest BCUT2D eigenvalue weighted by Crippen LogP contribution is -2.09. The van der Waals surface area contributed by atoms with Gasteiger partial charge < -0.3 is 0 Å². The summed E-state index contributed by atoms with van der Waals surface area (Å²) in [5.74, 6) is 0.888. The predicted molar refractivity (Wildman–Crippen MR) is 79.3 cm³/mol. The van der Waals surface area contributed by atoms with Gasteiger partial charge in [0, 0.05) is 5.75 Å². The molecular formula is C14H12NS2. The van der Waals surface area contributed by atoms with Crippen molar-refractivity contribution in [3.8, 4) is 0 Å². The van der Waals surface area contributed by atoms with Gasteiger partial charge in [0.05, 0.1) is 5.69 Å². The SMILES string of the molecule is S=[C]N(SCc1ccccc1)c1ccccc1. The molecule has 0 amide bonds. The second-order valence-corrected chi connectivity index (χ2v) is 4.57. The summed E-state index contributed by atoms with van der Waals surface area (Å²) < 4.78 is 1.89. The Morgan fingerprint density at radius 1 is 0.941 bits per heavy atom. The molecule has 2 aromatic carbocycles. The molecule has 1 radical (unpaired) electrons. The zero-order chi connectivity index (χ0) is 11.9. The van der Waals surface area contributed by atoms with Crippen LogP contribution < -0.4 is 4.31 Å². The van der Waals surface area contributed by atoms with Crippen LogP contribution in [-0.4, -0.2) is 5.49 Å². The van der Waals surface area contributed by atoms with Gasteiger partial charge in [-0.1, -0.05) is 60.7 Å². The van der Waals surface area contributed by atoms with Crippen LogP contribution >= 0.6 is 24.2 Å². The maximum atomic E-state index is 4.93.